The van der Waals surface area contributed by atoms with Crippen LogP contribution in [0.15, 0.2) is 60.7 Å². The summed E-state index contributed by atoms with van der Waals surface area (Å²) in [5.41, 5.74) is 1.38. The molecule has 0 unspecified atom stereocenters. The highest BCUT2D eigenvalue weighted by atomic mass is 19.1. The second kappa shape index (κ2) is 8.78. The molecule has 0 saturated heterocycles. The van der Waals surface area contributed by atoms with Crippen LogP contribution in [0.5, 0.6) is 5.75 Å². The molecule has 2 aromatic heterocycles. The van der Waals surface area contributed by atoms with E-state index >= 15 is 0 Å². The van der Waals surface area contributed by atoms with Gasteiger partial charge in [-0.05, 0) is 43.3 Å². The Morgan fingerprint density at radius 3 is 2.65 bits per heavy atom. The third kappa shape index (κ3) is 4.16. The number of anilines is 2. The van der Waals surface area contributed by atoms with Gasteiger partial charge in [-0.1, -0.05) is 24.3 Å². The monoisotopic (exact) mass is 420 g/mol. The summed E-state index contributed by atoms with van der Waals surface area (Å²) >= 11 is 0. The van der Waals surface area contributed by atoms with E-state index < -0.39 is 5.82 Å². The normalized spacial score (nSPS) is 10.8. The molecular formula is C22H21FN6O2. The van der Waals surface area contributed by atoms with Crippen LogP contribution in [0.4, 0.5) is 15.9 Å². The van der Waals surface area contributed by atoms with Gasteiger partial charge in [0.25, 0.3) is 0 Å². The number of nitrogens with zero attached hydrogens (tertiary/aromatic N) is 5. The lowest BCUT2D eigenvalue weighted by Crippen LogP contribution is -2.34. The maximum absolute atomic E-state index is 14.3. The SMILES string of the molecule is CCN(CC(=O)Nc1ccccc1OC)c1ccc2nnc(-c3ccccc3F)n2n1. The van der Waals surface area contributed by atoms with Gasteiger partial charge in [0.05, 0.1) is 24.9 Å². The van der Waals surface area contributed by atoms with Gasteiger partial charge in [0.2, 0.25) is 5.91 Å². The van der Waals surface area contributed by atoms with Gasteiger partial charge in [-0.15, -0.1) is 15.3 Å². The summed E-state index contributed by atoms with van der Waals surface area (Å²) in [7, 11) is 1.55. The van der Waals surface area contributed by atoms with Gasteiger partial charge in [0, 0.05) is 6.54 Å². The topological polar surface area (TPSA) is 84.7 Å². The van der Waals surface area contributed by atoms with Gasteiger partial charge in [-0.3, -0.25) is 4.79 Å². The van der Waals surface area contributed by atoms with Crippen molar-refractivity contribution < 1.29 is 13.9 Å². The molecule has 4 aromatic rings. The quantitative estimate of drug-likeness (QED) is 0.493. The van der Waals surface area contributed by atoms with Crippen LogP contribution < -0.4 is 15.0 Å². The summed E-state index contributed by atoms with van der Waals surface area (Å²) in [6.45, 7) is 2.53. The molecule has 9 heteroatoms. The summed E-state index contributed by atoms with van der Waals surface area (Å²) < 4.78 is 21.0. The number of nitrogens with one attached hydrogen (secondary N) is 1. The van der Waals surface area contributed by atoms with Gasteiger partial charge in [0.1, 0.15) is 17.4 Å². The molecule has 1 N–H and O–H groups in total. The van der Waals surface area contributed by atoms with Crippen LogP contribution in [0.2, 0.25) is 0 Å². The van der Waals surface area contributed by atoms with Crippen LogP contribution in [0.25, 0.3) is 17.0 Å². The fraction of sp³-hybridized carbons (Fsp3) is 0.182. The Kier molecular flexibility index (Phi) is 5.74. The first-order chi connectivity index (χ1) is 15.1. The molecule has 0 fully saturated rings. The van der Waals surface area contributed by atoms with Crippen molar-refractivity contribution in [1.29, 1.82) is 0 Å². The van der Waals surface area contributed by atoms with Gasteiger partial charge in [0.15, 0.2) is 11.5 Å². The average molecular weight is 420 g/mol. The van der Waals surface area contributed by atoms with Crippen LogP contribution in [0.3, 0.4) is 0 Å². The van der Waals surface area contributed by atoms with Crippen molar-refractivity contribution in [2.45, 2.75) is 6.92 Å². The van der Waals surface area contributed by atoms with E-state index in [0.717, 1.165) is 0 Å². The third-order valence-electron chi connectivity index (χ3n) is 4.78. The lowest BCUT2D eigenvalue weighted by atomic mass is 10.2. The van der Waals surface area contributed by atoms with E-state index in [9.17, 15) is 9.18 Å². The lowest BCUT2D eigenvalue weighted by Gasteiger charge is -2.21. The Hall–Kier alpha value is -4.01. The number of hydrogen-bond acceptors (Lipinski definition) is 6. The van der Waals surface area contributed by atoms with E-state index in [4.69, 9.17) is 4.74 Å². The maximum atomic E-state index is 14.3. The number of fused-ring (bicyclic) bond motifs is 1. The fourth-order valence-electron chi connectivity index (χ4n) is 3.22. The number of halogens is 1. The summed E-state index contributed by atoms with van der Waals surface area (Å²) in [5, 5.41) is 15.6. The summed E-state index contributed by atoms with van der Waals surface area (Å²) in [6.07, 6.45) is 0. The predicted octanol–water partition coefficient (Wildman–Crippen LogP) is 3.40. The number of carbonyl (C=O) groups excluding carboxylic acids is 1. The largest absolute Gasteiger partial charge is 0.495 e. The Bertz CT molecular complexity index is 1230. The van der Waals surface area contributed by atoms with E-state index in [1.54, 1.807) is 54.5 Å². The van der Waals surface area contributed by atoms with Gasteiger partial charge >= 0.3 is 0 Å². The van der Waals surface area contributed by atoms with E-state index in [1.807, 2.05) is 19.1 Å². The summed E-state index contributed by atoms with van der Waals surface area (Å²) in [5.74, 6) is 0.795. The van der Waals surface area contributed by atoms with Crippen molar-refractivity contribution in [2.24, 2.45) is 0 Å². The van der Waals surface area contributed by atoms with Gasteiger partial charge in [-0.25, -0.2) is 4.39 Å². The molecule has 0 aliphatic rings. The minimum Gasteiger partial charge on any atom is -0.495 e. The summed E-state index contributed by atoms with van der Waals surface area (Å²) in [6, 6.07) is 17.0. The van der Waals surface area contributed by atoms with Crippen molar-refractivity contribution in [3.8, 4) is 17.1 Å². The molecule has 0 aliphatic carbocycles. The number of amides is 1. The van der Waals surface area contributed by atoms with E-state index in [0.29, 0.717) is 40.8 Å². The maximum Gasteiger partial charge on any atom is 0.244 e. The van der Waals surface area contributed by atoms with E-state index in [-0.39, 0.29) is 12.5 Å². The summed E-state index contributed by atoms with van der Waals surface area (Å²) in [4.78, 5) is 14.5. The van der Waals surface area contributed by atoms with Crippen LogP contribution in [-0.2, 0) is 4.79 Å². The average Bonchev–Trinajstić information content (AvgIpc) is 3.21. The highest BCUT2D eigenvalue weighted by Gasteiger charge is 2.17. The first kappa shape index (κ1) is 20.3. The number of aromatic nitrogens is 4. The molecule has 0 bridgehead atoms. The molecule has 8 nitrogen and oxygen atoms in total. The molecule has 0 aliphatic heterocycles. The molecule has 158 valence electrons. The molecule has 4 rings (SSSR count). The number of carbonyl (C=O) groups is 1. The third-order valence-corrected chi connectivity index (χ3v) is 4.78. The molecule has 2 aromatic carbocycles. The molecule has 0 spiro atoms. The van der Waals surface area contributed by atoms with Crippen molar-refractivity contribution in [3.63, 3.8) is 0 Å². The van der Waals surface area contributed by atoms with Crippen molar-refractivity contribution >= 4 is 23.1 Å². The van der Waals surface area contributed by atoms with Crippen LogP contribution in [-0.4, -0.2) is 45.9 Å². The second-order valence-electron chi connectivity index (χ2n) is 6.73. The molecule has 0 radical (unpaired) electrons. The number of ether oxygens (including phenoxy) is 1. The van der Waals surface area contributed by atoms with Gasteiger partial charge < -0.3 is 15.0 Å². The first-order valence-electron chi connectivity index (χ1n) is 9.76. The Morgan fingerprint density at radius 1 is 1.10 bits per heavy atom. The zero-order valence-corrected chi connectivity index (χ0v) is 17.1. The van der Waals surface area contributed by atoms with Crippen LogP contribution in [0, 0.1) is 5.82 Å². The Balaban J connectivity index is 1.60. The lowest BCUT2D eigenvalue weighted by molar-refractivity contribution is -0.115. The minimum absolute atomic E-state index is 0.0736. The Morgan fingerprint density at radius 2 is 1.87 bits per heavy atom. The zero-order chi connectivity index (χ0) is 21.8. The molecular weight excluding hydrogens is 399 g/mol. The number of rotatable bonds is 7. The number of benzene rings is 2. The number of methoxy groups -OCH3 is 1. The molecule has 1 amide bonds. The number of likely N-dealkylation sites (N-methyl/N-ethyl adjacent to an activating group) is 1. The number of para-hydroxylation sites is 2. The zero-order valence-electron chi connectivity index (χ0n) is 17.1. The molecule has 2 heterocycles. The Labute approximate surface area is 178 Å². The van der Waals surface area contributed by atoms with Crippen molar-refractivity contribution in [1.82, 2.24) is 19.8 Å². The molecule has 0 atom stereocenters. The minimum atomic E-state index is -0.410. The van der Waals surface area contributed by atoms with E-state index in [1.165, 1.54) is 10.6 Å². The molecule has 31 heavy (non-hydrogen) atoms. The van der Waals surface area contributed by atoms with Crippen molar-refractivity contribution in [3.05, 3.63) is 66.5 Å². The highest BCUT2D eigenvalue weighted by Crippen LogP contribution is 2.24. The first-order valence-corrected chi connectivity index (χ1v) is 9.76. The smallest absolute Gasteiger partial charge is 0.244 e. The highest BCUT2D eigenvalue weighted by molar-refractivity contribution is 5.95. The van der Waals surface area contributed by atoms with Gasteiger partial charge in [-0.2, -0.15) is 4.52 Å². The second-order valence-corrected chi connectivity index (χ2v) is 6.73. The molecule has 0 saturated carbocycles. The standard InChI is InChI=1S/C22H21FN6O2/c1-3-28(14-21(30)24-17-10-6-7-11-18(17)31-2)20-13-12-19-25-26-22(29(19)27-20)15-8-4-5-9-16(15)23/h4-13H,3,14H2,1-2H3,(H,24,30). The van der Waals surface area contributed by atoms with Crippen LogP contribution in [0.1, 0.15) is 6.92 Å². The number of hydrogen-bond donors (Lipinski definition) is 1. The van der Waals surface area contributed by atoms with Crippen LogP contribution >= 0.6 is 0 Å². The fourth-order valence-corrected chi connectivity index (χ4v) is 3.22. The van der Waals surface area contributed by atoms with Crippen molar-refractivity contribution in [2.75, 3.05) is 30.4 Å². The van der Waals surface area contributed by atoms with E-state index in [2.05, 4.69) is 20.6 Å². The predicted molar refractivity (Wildman–Crippen MR) is 116 cm³/mol.